The highest BCUT2D eigenvalue weighted by Gasteiger charge is 2.26. The highest BCUT2D eigenvalue weighted by Crippen LogP contribution is 2.34. The van der Waals surface area contributed by atoms with Gasteiger partial charge in [0, 0.05) is 5.41 Å². The third-order valence-electron chi connectivity index (χ3n) is 2.27. The summed E-state index contributed by atoms with van der Waals surface area (Å²) in [5, 5.41) is 17.7. The summed E-state index contributed by atoms with van der Waals surface area (Å²) in [5.74, 6) is 1.32. The van der Waals surface area contributed by atoms with E-state index in [1.807, 2.05) is 33.1 Å². The Morgan fingerprint density at radius 2 is 2.06 bits per heavy atom. The van der Waals surface area contributed by atoms with Crippen molar-refractivity contribution < 1.29 is 14.8 Å². The zero-order valence-electron chi connectivity index (χ0n) is 10.9. The van der Waals surface area contributed by atoms with Crippen LogP contribution in [0, 0.1) is 5.41 Å². The number of carbonyl (C=O) groups is 1. The quantitative estimate of drug-likeness (QED) is 0.507. The van der Waals surface area contributed by atoms with Gasteiger partial charge in [0.05, 0.1) is 9.09 Å². The fourth-order valence-electron chi connectivity index (χ4n) is 1.31. The fourth-order valence-corrected chi connectivity index (χ4v) is 3.17. The molecule has 0 aliphatic rings. The zero-order valence-corrected chi connectivity index (χ0v) is 12.6. The van der Waals surface area contributed by atoms with Gasteiger partial charge in [0.2, 0.25) is 0 Å². The topological polar surface area (TPSA) is 57.5 Å². The molecule has 18 heavy (non-hydrogen) atoms. The summed E-state index contributed by atoms with van der Waals surface area (Å²) in [4.78, 5) is 13.0. The lowest BCUT2D eigenvalue weighted by Gasteiger charge is -2.15. The molecule has 98 valence electrons. The Balaban J connectivity index is 3.17. The third kappa shape index (κ3) is 3.98. The van der Waals surface area contributed by atoms with E-state index in [2.05, 4.69) is 0 Å². The third-order valence-corrected chi connectivity index (χ3v) is 4.49. The van der Waals surface area contributed by atoms with E-state index >= 15 is 0 Å². The van der Waals surface area contributed by atoms with Crippen molar-refractivity contribution in [2.24, 2.45) is 5.41 Å². The Kier molecular flexibility index (Phi) is 5.22. The molecule has 1 aromatic rings. The van der Waals surface area contributed by atoms with Gasteiger partial charge >= 0.3 is 7.12 Å². The number of thiophene rings is 1. The molecule has 0 radical (unpaired) electrons. The van der Waals surface area contributed by atoms with E-state index in [-0.39, 0.29) is 5.78 Å². The summed E-state index contributed by atoms with van der Waals surface area (Å²) in [5.41, 5.74) is 0.304. The molecule has 2 N–H and O–H groups in total. The summed E-state index contributed by atoms with van der Waals surface area (Å²) < 4.78 is 1.04. The van der Waals surface area contributed by atoms with Crippen molar-refractivity contribution >= 4 is 42.1 Å². The van der Waals surface area contributed by atoms with Crippen molar-refractivity contribution in [2.45, 2.75) is 25.0 Å². The maximum absolute atomic E-state index is 12.3. The van der Waals surface area contributed by atoms with Crippen LogP contribution in [0.5, 0.6) is 0 Å². The summed E-state index contributed by atoms with van der Waals surface area (Å²) in [6.07, 6.45) is 3.53. The summed E-state index contributed by atoms with van der Waals surface area (Å²) in [6, 6.07) is 1.90. The highest BCUT2D eigenvalue weighted by atomic mass is 32.2. The highest BCUT2D eigenvalue weighted by molar-refractivity contribution is 8.00. The van der Waals surface area contributed by atoms with Gasteiger partial charge in [0.1, 0.15) is 0 Å². The Labute approximate surface area is 116 Å². The molecule has 0 fully saturated rings. The predicted molar refractivity (Wildman–Crippen MR) is 79.1 cm³/mol. The van der Waals surface area contributed by atoms with Crippen LogP contribution in [0.4, 0.5) is 0 Å². The maximum Gasteiger partial charge on any atom is 0.480 e. The van der Waals surface area contributed by atoms with E-state index in [0.29, 0.717) is 4.88 Å². The van der Waals surface area contributed by atoms with Crippen LogP contribution in [0.15, 0.2) is 16.3 Å². The minimum atomic E-state index is -1.50. The van der Waals surface area contributed by atoms with Gasteiger partial charge in [-0.1, -0.05) is 32.8 Å². The van der Waals surface area contributed by atoms with E-state index in [0.717, 1.165) is 9.77 Å². The average Bonchev–Trinajstić information content (AvgIpc) is 2.67. The normalized spacial score (nSPS) is 12.1. The Morgan fingerprint density at radius 1 is 1.44 bits per heavy atom. The molecule has 1 rings (SSSR count). The molecule has 0 unspecified atom stereocenters. The van der Waals surface area contributed by atoms with E-state index < -0.39 is 12.5 Å². The van der Waals surface area contributed by atoms with E-state index in [1.165, 1.54) is 17.3 Å². The predicted octanol–water partition coefficient (Wildman–Crippen LogP) is 2.72. The second-order valence-electron chi connectivity index (χ2n) is 4.91. The van der Waals surface area contributed by atoms with E-state index in [4.69, 9.17) is 10.0 Å². The largest absolute Gasteiger partial charge is 0.480 e. The Bertz CT molecular complexity index is 458. The van der Waals surface area contributed by atoms with Crippen LogP contribution < -0.4 is 0 Å². The number of hydrogen-bond acceptors (Lipinski definition) is 5. The van der Waals surface area contributed by atoms with Crippen LogP contribution in [-0.4, -0.2) is 29.2 Å². The smallest absolute Gasteiger partial charge is 0.424 e. The maximum atomic E-state index is 12.3. The summed E-state index contributed by atoms with van der Waals surface area (Å²) >= 11 is 3.02. The molecule has 0 aliphatic heterocycles. The molecule has 0 spiro atoms. The van der Waals surface area contributed by atoms with Gasteiger partial charge in [-0.05, 0) is 17.9 Å². The molecular formula is C12H17BO3S2. The van der Waals surface area contributed by atoms with Crippen LogP contribution in [0.3, 0.4) is 0 Å². The van der Waals surface area contributed by atoms with Crippen LogP contribution in [0.25, 0.3) is 6.08 Å². The molecule has 3 nitrogen and oxygen atoms in total. The first-order valence-corrected chi connectivity index (χ1v) is 7.57. The van der Waals surface area contributed by atoms with Crippen molar-refractivity contribution in [2.75, 3.05) is 6.26 Å². The van der Waals surface area contributed by atoms with Crippen LogP contribution in [-0.2, 0) is 0 Å². The van der Waals surface area contributed by atoms with Crippen LogP contribution in [0.1, 0.15) is 36.0 Å². The minimum Gasteiger partial charge on any atom is -0.424 e. The van der Waals surface area contributed by atoms with Gasteiger partial charge < -0.3 is 10.0 Å². The average molecular weight is 284 g/mol. The van der Waals surface area contributed by atoms with Gasteiger partial charge in [-0.3, -0.25) is 4.79 Å². The monoisotopic (exact) mass is 284 g/mol. The van der Waals surface area contributed by atoms with Crippen molar-refractivity contribution in [3.63, 3.8) is 0 Å². The van der Waals surface area contributed by atoms with Crippen molar-refractivity contribution in [1.82, 2.24) is 0 Å². The number of rotatable bonds is 4. The van der Waals surface area contributed by atoms with Gasteiger partial charge in [0.15, 0.2) is 5.78 Å². The molecule has 0 aromatic carbocycles. The number of Topliss-reactive ketones (excluding diaryl/α,β-unsaturated/α-hetero) is 1. The Hall–Kier alpha value is -0.555. The lowest BCUT2D eigenvalue weighted by molar-refractivity contribution is 0.0862. The molecule has 0 bridgehead atoms. The summed E-state index contributed by atoms with van der Waals surface area (Å²) in [7, 11) is -1.50. The first-order valence-electron chi connectivity index (χ1n) is 5.52. The molecule has 0 aliphatic carbocycles. The van der Waals surface area contributed by atoms with Crippen molar-refractivity contribution in [1.29, 1.82) is 0 Å². The van der Waals surface area contributed by atoms with Gasteiger partial charge in [0.25, 0.3) is 0 Å². The van der Waals surface area contributed by atoms with E-state index in [1.54, 1.807) is 17.8 Å². The standard InChI is InChI=1S/C12H17BO3S2/c1-12(2,3)11(14)10-8(5-6-13(15)16)7-9(17-4)18-10/h5-7,15-16H,1-4H3/b6-5+. The van der Waals surface area contributed by atoms with Gasteiger partial charge in [-0.25, -0.2) is 0 Å². The first kappa shape index (κ1) is 15.5. The van der Waals surface area contributed by atoms with Gasteiger partial charge in [-0.15, -0.1) is 23.1 Å². The lowest BCUT2D eigenvalue weighted by Crippen LogP contribution is -2.19. The molecule has 6 heteroatoms. The Morgan fingerprint density at radius 3 is 2.50 bits per heavy atom. The zero-order chi connectivity index (χ0) is 13.9. The number of hydrogen-bond donors (Lipinski definition) is 2. The number of carbonyl (C=O) groups excluding carboxylic acids is 1. The lowest BCUT2D eigenvalue weighted by atomic mass is 9.87. The minimum absolute atomic E-state index is 0.0693. The molecule has 0 saturated carbocycles. The molecule has 0 amide bonds. The van der Waals surface area contributed by atoms with Crippen molar-refractivity contribution in [3.8, 4) is 0 Å². The van der Waals surface area contributed by atoms with Crippen LogP contribution in [0.2, 0.25) is 0 Å². The second-order valence-corrected chi connectivity index (χ2v) is 7.06. The molecule has 1 aromatic heterocycles. The molecule has 1 heterocycles. The van der Waals surface area contributed by atoms with Gasteiger partial charge in [-0.2, -0.15) is 0 Å². The summed E-state index contributed by atoms with van der Waals surface area (Å²) in [6.45, 7) is 5.63. The molecule has 0 atom stereocenters. The number of thioether (sulfide) groups is 1. The van der Waals surface area contributed by atoms with Crippen LogP contribution >= 0.6 is 23.1 Å². The second kappa shape index (κ2) is 6.06. The SMILES string of the molecule is CSc1cc(/C=C/B(O)O)c(C(=O)C(C)(C)C)s1. The van der Waals surface area contributed by atoms with Crippen molar-refractivity contribution in [3.05, 3.63) is 22.5 Å². The molecule has 0 saturated heterocycles. The van der Waals surface area contributed by atoms with E-state index in [9.17, 15) is 4.79 Å². The first-order chi connectivity index (χ1) is 8.25. The molecular weight excluding hydrogens is 267 g/mol. The fraction of sp³-hybridized carbons (Fsp3) is 0.417. The number of ketones is 1.